The zero-order valence-electron chi connectivity index (χ0n) is 19.1. The van der Waals surface area contributed by atoms with Crippen molar-refractivity contribution in [3.63, 3.8) is 0 Å². The number of carbonyl (C=O) groups excluding carboxylic acids is 1. The first kappa shape index (κ1) is 24.1. The molecule has 0 aliphatic heterocycles. The number of nitrogens with zero attached hydrogens (tertiary/aromatic N) is 3. The highest BCUT2D eigenvalue weighted by Gasteiger charge is 2.28. The maximum Gasteiger partial charge on any atom is 0.266 e. The first-order valence-corrected chi connectivity index (χ1v) is 11.8. The molecule has 8 heteroatoms. The van der Waals surface area contributed by atoms with Crippen LogP contribution in [-0.2, 0) is 4.79 Å². The summed E-state index contributed by atoms with van der Waals surface area (Å²) in [4.78, 5) is 33.4. The molecular weight excluding hydrogens is 446 g/mol. The van der Waals surface area contributed by atoms with Crippen LogP contribution >= 0.6 is 23.4 Å². The standard InChI is InChI=1S/C24H28ClN3O3S/c1-14(2)27(15(3)4)22(29)16(5)32-24-26-19-13-17(25)11-12-18(19)23(30)28(24)20-9-7-8-10-21(20)31-6/h7-16H,1-6H3. The molecule has 170 valence electrons. The van der Waals surface area contributed by atoms with Gasteiger partial charge in [-0.3, -0.25) is 14.2 Å². The van der Waals surface area contributed by atoms with Crippen molar-refractivity contribution in [1.82, 2.24) is 14.5 Å². The number of hydrogen-bond acceptors (Lipinski definition) is 5. The Morgan fingerprint density at radius 2 is 1.75 bits per heavy atom. The number of rotatable bonds is 7. The first-order valence-electron chi connectivity index (χ1n) is 10.5. The van der Waals surface area contributed by atoms with E-state index in [4.69, 9.17) is 21.3 Å². The number of para-hydroxylation sites is 2. The normalized spacial score (nSPS) is 12.4. The van der Waals surface area contributed by atoms with E-state index >= 15 is 0 Å². The molecule has 0 fully saturated rings. The van der Waals surface area contributed by atoms with E-state index in [2.05, 4.69) is 0 Å². The van der Waals surface area contributed by atoms with Crippen LogP contribution in [0.2, 0.25) is 5.02 Å². The summed E-state index contributed by atoms with van der Waals surface area (Å²) in [5.74, 6) is 0.531. The van der Waals surface area contributed by atoms with E-state index in [9.17, 15) is 9.59 Å². The molecule has 0 N–H and O–H groups in total. The predicted octanol–water partition coefficient (Wildman–Crippen LogP) is 5.17. The van der Waals surface area contributed by atoms with Gasteiger partial charge in [0.15, 0.2) is 5.16 Å². The predicted molar refractivity (Wildman–Crippen MR) is 131 cm³/mol. The van der Waals surface area contributed by atoms with Gasteiger partial charge in [-0.25, -0.2) is 4.98 Å². The molecule has 0 aliphatic rings. The average Bonchev–Trinajstić information content (AvgIpc) is 2.73. The number of thioether (sulfide) groups is 1. The Bertz CT molecular complexity index is 1180. The minimum atomic E-state index is -0.454. The van der Waals surface area contributed by atoms with Gasteiger partial charge in [-0.1, -0.05) is 35.5 Å². The summed E-state index contributed by atoms with van der Waals surface area (Å²) < 4.78 is 7.01. The lowest BCUT2D eigenvalue weighted by Crippen LogP contribution is -2.45. The van der Waals surface area contributed by atoms with Crippen molar-refractivity contribution in [3.05, 3.63) is 57.8 Å². The highest BCUT2D eigenvalue weighted by atomic mass is 35.5. The number of methoxy groups -OCH3 is 1. The number of carbonyl (C=O) groups is 1. The third-order valence-electron chi connectivity index (χ3n) is 5.12. The minimum Gasteiger partial charge on any atom is -0.495 e. The Labute approximate surface area is 197 Å². The van der Waals surface area contributed by atoms with Crippen molar-refractivity contribution in [2.24, 2.45) is 0 Å². The Kier molecular flexibility index (Phi) is 7.51. The molecule has 32 heavy (non-hydrogen) atoms. The third kappa shape index (κ3) is 4.79. The molecule has 6 nitrogen and oxygen atoms in total. The molecule has 1 amide bonds. The summed E-state index contributed by atoms with van der Waals surface area (Å²) in [6, 6.07) is 12.4. The Balaban J connectivity index is 2.19. The molecule has 1 atom stereocenters. The monoisotopic (exact) mass is 473 g/mol. The quantitative estimate of drug-likeness (QED) is 0.349. The van der Waals surface area contributed by atoms with Gasteiger partial charge >= 0.3 is 0 Å². The molecule has 1 aromatic heterocycles. The topological polar surface area (TPSA) is 64.4 Å². The second-order valence-corrected chi connectivity index (χ2v) is 9.81. The van der Waals surface area contributed by atoms with Crippen molar-refractivity contribution in [2.75, 3.05) is 7.11 Å². The van der Waals surface area contributed by atoms with E-state index in [-0.39, 0.29) is 23.6 Å². The van der Waals surface area contributed by atoms with Crippen molar-refractivity contribution in [1.29, 1.82) is 0 Å². The number of halogens is 1. The molecule has 0 spiro atoms. The van der Waals surface area contributed by atoms with Crippen molar-refractivity contribution >= 4 is 40.2 Å². The number of aromatic nitrogens is 2. The molecule has 0 radical (unpaired) electrons. The smallest absolute Gasteiger partial charge is 0.266 e. The van der Waals surface area contributed by atoms with Gasteiger partial charge in [0, 0.05) is 17.1 Å². The Morgan fingerprint density at radius 3 is 2.38 bits per heavy atom. The average molecular weight is 474 g/mol. The van der Waals surface area contributed by atoms with Gasteiger partial charge in [-0.05, 0) is 65.0 Å². The summed E-state index contributed by atoms with van der Waals surface area (Å²) >= 11 is 7.41. The SMILES string of the molecule is COc1ccccc1-n1c(SC(C)C(=O)N(C(C)C)C(C)C)nc2cc(Cl)ccc2c1=O. The van der Waals surface area contributed by atoms with Gasteiger partial charge in [0.2, 0.25) is 5.91 Å². The van der Waals surface area contributed by atoms with Crippen LogP contribution in [-0.4, -0.2) is 44.8 Å². The van der Waals surface area contributed by atoms with Crippen LogP contribution in [0, 0.1) is 0 Å². The lowest BCUT2D eigenvalue weighted by atomic mass is 10.2. The highest BCUT2D eigenvalue weighted by molar-refractivity contribution is 8.00. The van der Waals surface area contributed by atoms with E-state index in [1.165, 1.54) is 16.3 Å². The van der Waals surface area contributed by atoms with Crippen LogP contribution < -0.4 is 10.3 Å². The first-order chi connectivity index (χ1) is 15.1. The van der Waals surface area contributed by atoms with Crippen LogP contribution in [0.4, 0.5) is 0 Å². The van der Waals surface area contributed by atoms with E-state index in [1.54, 1.807) is 37.4 Å². The largest absolute Gasteiger partial charge is 0.495 e. The molecule has 1 unspecified atom stereocenters. The van der Waals surface area contributed by atoms with E-state index in [0.29, 0.717) is 32.5 Å². The van der Waals surface area contributed by atoms with Crippen molar-refractivity contribution in [3.8, 4) is 11.4 Å². The molecule has 3 rings (SSSR count). The van der Waals surface area contributed by atoms with Crippen LogP contribution in [0.25, 0.3) is 16.6 Å². The van der Waals surface area contributed by atoms with Gasteiger partial charge < -0.3 is 9.64 Å². The second-order valence-electron chi connectivity index (χ2n) is 8.06. The number of hydrogen-bond donors (Lipinski definition) is 0. The maximum absolute atomic E-state index is 13.5. The zero-order valence-corrected chi connectivity index (χ0v) is 20.7. The fourth-order valence-electron chi connectivity index (χ4n) is 3.77. The lowest BCUT2D eigenvalue weighted by Gasteiger charge is -2.33. The van der Waals surface area contributed by atoms with Crippen molar-refractivity contribution in [2.45, 2.75) is 57.1 Å². The fourth-order valence-corrected chi connectivity index (χ4v) is 4.91. The summed E-state index contributed by atoms with van der Waals surface area (Å²) in [5, 5.41) is 0.881. The summed E-state index contributed by atoms with van der Waals surface area (Å²) in [7, 11) is 1.56. The lowest BCUT2D eigenvalue weighted by molar-refractivity contribution is -0.133. The maximum atomic E-state index is 13.5. The Morgan fingerprint density at radius 1 is 1.09 bits per heavy atom. The van der Waals surface area contributed by atoms with E-state index in [0.717, 1.165) is 0 Å². The zero-order chi connectivity index (χ0) is 23.6. The molecule has 2 aromatic carbocycles. The van der Waals surface area contributed by atoms with Crippen LogP contribution in [0.15, 0.2) is 52.4 Å². The molecule has 1 heterocycles. The summed E-state index contributed by atoms with van der Waals surface area (Å²) in [5.41, 5.74) is 0.805. The van der Waals surface area contributed by atoms with Crippen LogP contribution in [0.1, 0.15) is 34.6 Å². The molecule has 0 saturated carbocycles. The number of benzene rings is 2. The van der Waals surface area contributed by atoms with Gasteiger partial charge in [0.05, 0.1) is 29.0 Å². The van der Waals surface area contributed by atoms with Crippen molar-refractivity contribution < 1.29 is 9.53 Å². The Hall–Kier alpha value is -2.51. The summed E-state index contributed by atoms with van der Waals surface area (Å²) in [6.07, 6.45) is 0. The molecule has 0 saturated heterocycles. The van der Waals surface area contributed by atoms with Gasteiger partial charge in [-0.15, -0.1) is 0 Å². The van der Waals surface area contributed by atoms with E-state index < -0.39 is 5.25 Å². The van der Waals surface area contributed by atoms with Gasteiger partial charge in [0.25, 0.3) is 5.56 Å². The molecule has 0 aliphatic carbocycles. The van der Waals surface area contributed by atoms with Crippen LogP contribution in [0.3, 0.4) is 0 Å². The molecule has 0 bridgehead atoms. The van der Waals surface area contributed by atoms with Gasteiger partial charge in [0.1, 0.15) is 5.75 Å². The van der Waals surface area contributed by atoms with Gasteiger partial charge in [-0.2, -0.15) is 0 Å². The third-order valence-corrected chi connectivity index (χ3v) is 6.40. The number of fused-ring (bicyclic) bond motifs is 1. The number of ether oxygens (including phenoxy) is 1. The van der Waals surface area contributed by atoms with Crippen LogP contribution in [0.5, 0.6) is 5.75 Å². The minimum absolute atomic E-state index is 0.00739. The highest BCUT2D eigenvalue weighted by Crippen LogP contribution is 2.30. The summed E-state index contributed by atoms with van der Waals surface area (Å²) in [6.45, 7) is 9.82. The number of amides is 1. The second kappa shape index (κ2) is 9.96. The molecular formula is C24H28ClN3O3S. The van der Waals surface area contributed by atoms with E-state index in [1.807, 2.05) is 51.7 Å². The fraction of sp³-hybridized carbons (Fsp3) is 0.375. The molecule has 3 aromatic rings.